The van der Waals surface area contributed by atoms with Gasteiger partial charge >= 0.3 is 6.09 Å². The molecule has 1 amide bonds. The van der Waals surface area contributed by atoms with Crippen molar-refractivity contribution in [3.05, 3.63) is 42.7 Å². The molecule has 0 spiro atoms. The highest BCUT2D eigenvalue weighted by Gasteiger charge is 2.24. The second-order valence-electron chi connectivity index (χ2n) is 6.52. The number of carbonyl (C=O) groups is 1. The Kier molecular flexibility index (Phi) is 5.01. The van der Waals surface area contributed by atoms with E-state index in [1.54, 1.807) is 18.2 Å². The Bertz CT molecular complexity index is 979. The maximum Gasteiger partial charge on any atom is 0.409 e. The number of piperazine rings is 1. The molecule has 8 heteroatoms. The number of amides is 1. The second-order valence-corrected chi connectivity index (χ2v) is 6.52. The van der Waals surface area contributed by atoms with E-state index in [2.05, 4.69) is 9.88 Å². The van der Waals surface area contributed by atoms with Crippen molar-refractivity contribution in [3.63, 3.8) is 0 Å². The lowest BCUT2D eigenvalue weighted by Crippen LogP contribution is -2.49. The SMILES string of the molecule is CCOC(=O)N1CCN(c2nccn3nc(-c4cccc(OC)c4)cc23)CC1. The molecule has 3 heterocycles. The molecule has 2 aromatic heterocycles. The number of fused-ring (bicyclic) bond motifs is 1. The molecule has 0 unspecified atom stereocenters. The zero-order valence-corrected chi connectivity index (χ0v) is 16.0. The van der Waals surface area contributed by atoms with Gasteiger partial charge in [-0.15, -0.1) is 0 Å². The summed E-state index contributed by atoms with van der Waals surface area (Å²) in [6.07, 6.45) is 3.35. The summed E-state index contributed by atoms with van der Waals surface area (Å²) in [5.74, 6) is 1.66. The fourth-order valence-electron chi connectivity index (χ4n) is 3.39. The van der Waals surface area contributed by atoms with Crippen LogP contribution in [0.5, 0.6) is 5.75 Å². The van der Waals surface area contributed by atoms with Crippen LogP contribution < -0.4 is 9.64 Å². The molecule has 0 radical (unpaired) electrons. The Morgan fingerprint density at radius 3 is 2.75 bits per heavy atom. The molecule has 0 bridgehead atoms. The largest absolute Gasteiger partial charge is 0.497 e. The fraction of sp³-hybridized carbons (Fsp3) is 0.350. The molecule has 0 atom stereocenters. The Hall–Kier alpha value is -3.29. The average Bonchev–Trinajstić information content (AvgIpc) is 3.18. The van der Waals surface area contributed by atoms with Crippen LogP contribution in [0.25, 0.3) is 16.8 Å². The highest BCUT2D eigenvalue weighted by molar-refractivity contribution is 5.76. The summed E-state index contributed by atoms with van der Waals surface area (Å²) >= 11 is 0. The number of hydrogen-bond donors (Lipinski definition) is 0. The molecule has 4 rings (SSSR count). The van der Waals surface area contributed by atoms with Gasteiger partial charge in [-0.3, -0.25) is 0 Å². The molecule has 1 saturated heterocycles. The predicted octanol–water partition coefficient (Wildman–Crippen LogP) is 2.68. The molecule has 1 aromatic carbocycles. The van der Waals surface area contributed by atoms with E-state index < -0.39 is 0 Å². The number of ether oxygens (including phenoxy) is 2. The summed E-state index contributed by atoms with van der Waals surface area (Å²) in [5, 5.41) is 4.69. The minimum Gasteiger partial charge on any atom is -0.497 e. The van der Waals surface area contributed by atoms with Crippen LogP contribution in [0, 0.1) is 0 Å². The van der Waals surface area contributed by atoms with Crippen molar-refractivity contribution in [2.24, 2.45) is 0 Å². The van der Waals surface area contributed by atoms with Gasteiger partial charge in [-0.1, -0.05) is 12.1 Å². The molecular weight excluding hydrogens is 358 g/mol. The van der Waals surface area contributed by atoms with Gasteiger partial charge in [0.15, 0.2) is 5.82 Å². The van der Waals surface area contributed by atoms with Crippen LogP contribution in [0.1, 0.15) is 6.92 Å². The van der Waals surface area contributed by atoms with Gasteiger partial charge in [0.05, 0.1) is 19.4 Å². The number of carbonyl (C=O) groups excluding carboxylic acids is 1. The Balaban J connectivity index is 1.59. The van der Waals surface area contributed by atoms with E-state index in [0.29, 0.717) is 32.8 Å². The van der Waals surface area contributed by atoms with Crippen molar-refractivity contribution >= 4 is 17.4 Å². The minimum atomic E-state index is -0.252. The first-order chi connectivity index (χ1) is 13.7. The van der Waals surface area contributed by atoms with E-state index in [4.69, 9.17) is 14.6 Å². The highest BCUT2D eigenvalue weighted by Crippen LogP contribution is 2.27. The van der Waals surface area contributed by atoms with E-state index in [9.17, 15) is 4.79 Å². The van der Waals surface area contributed by atoms with Crippen molar-refractivity contribution < 1.29 is 14.3 Å². The number of methoxy groups -OCH3 is 1. The number of nitrogens with zero attached hydrogens (tertiary/aromatic N) is 5. The highest BCUT2D eigenvalue weighted by atomic mass is 16.6. The first-order valence-electron chi connectivity index (χ1n) is 9.35. The monoisotopic (exact) mass is 381 g/mol. The van der Waals surface area contributed by atoms with E-state index >= 15 is 0 Å². The van der Waals surface area contributed by atoms with Gasteiger partial charge in [-0.2, -0.15) is 5.10 Å². The first kappa shape index (κ1) is 18.1. The average molecular weight is 381 g/mol. The van der Waals surface area contributed by atoms with Gasteiger partial charge in [0, 0.05) is 44.1 Å². The number of hydrogen-bond acceptors (Lipinski definition) is 6. The van der Waals surface area contributed by atoms with Gasteiger partial charge in [0.2, 0.25) is 0 Å². The lowest BCUT2D eigenvalue weighted by molar-refractivity contribution is 0.105. The molecule has 0 aliphatic carbocycles. The van der Waals surface area contributed by atoms with Crippen molar-refractivity contribution in [1.29, 1.82) is 0 Å². The van der Waals surface area contributed by atoms with Crippen LogP contribution in [0.3, 0.4) is 0 Å². The number of aromatic nitrogens is 3. The van der Waals surface area contributed by atoms with Crippen LogP contribution in [-0.2, 0) is 4.74 Å². The summed E-state index contributed by atoms with van der Waals surface area (Å²) in [4.78, 5) is 20.4. The summed E-state index contributed by atoms with van der Waals surface area (Å²) in [6.45, 7) is 4.83. The molecular formula is C20H23N5O3. The van der Waals surface area contributed by atoms with Crippen LogP contribution in [0.2, 0.25) is 0 Å². The van der Waals surface area contributed by atoms with Crippen LogP contribution in [0.4, 0.5) is 10.6 Å². The van der Waals surface area contributed by atoms with Crippen molar-refractivity contribution in [2.45, 2.75) is 6.92 Å². The molecule has 0 saturated carbocycles. The lowest BCUT2D eigenvalue weighted by Gasteiger charge is -2.34. The normalized spacial score (nSPS) is 14.4. The molecule has 28 heavy (non-hydrogen) atoms. The third kappa shape index (κ3) is 3.45. The van der Waals surface area contributed by atoms with E-state index in [-0.39, 0.29) is 6.09 Å². The molecule has 8 nitrogen and oxygen atoms in total. The van der Waals surface area contributed by atoms with Gasteiger partial charge in [0.1, 0.15) is 11.3 Å². The zero-order chi connectivity index (χ0) is 19.5. The van der Waals surface area contributed by atoms with Gasteiger partial charge in [0.25, 0.3) is 0 Å². The Morgan fingerprint density at radius 1 is 1.18 bits per heavy atom. The number of benzene rings is 1. The Labute approximate surface area is 163 Å². The summed E-state index contributed by atoms with van der Waals surface area (Å²) in [5.41, 5.74) is 2.78. The zero-order valence-electron chi connectivity index (χ0n) is 16.0. The van der Waals surface area contributed by atoms with Crippen LogP contribution in [0.15, 0.2) is 42.7 Å². The van der Waals surface area contributed by atoms with E-state index in [1.807, 2.05) is 48.0 Å². The van der Waals surface area contributed by atoms with Gasteiger partial charge in [-0.05, 0) is 25.1 Å². The predicted molar refractivity (Wildman–Crippen MR) is 106 cm³/mol. The molecule has 146 valence electrons. The smallest absolute Gasteiger partial charge is 0.409 e. The first-order valence-corrected chi connectivity index (χ1v) is 9.35. The molecule has 1 fully saturated rings. The minimum absolute atomic E-state index is 0.252. The molecule has 1 aliphatic heterocycles. The topological polar surface area (TPSA) is 72.2 Å². The van der Waals surface area contributed by atoms with Gasteiger partial charge < -0.3 is 19.3 Å². The van der Waals surface area contributed by atoms with E-state index in [0.717, 1.165) is 28.3 Å². The van der Waals surface area contributed by atoms with E-state index in [1.165, 1.54) is 0 Å². The third-order valence-electron chi connectivity index (χ3n) is 4.84. The van der Waals surface area contributed by atoms with Gasteiger partial charge in [-0.25, -0.2) is 14.3 Å². The summed E-state index contributed by atoms with van der Waals surface area (Å²) in [6, 6.07) is 9.87. The standard InChI is InChI=1S/C20H23N5O3/c1-3-28-20(26)24-11-9-23(10-12-24)19-18-14-17(22-25(18)8-7-21-19)15-5-4-6-16(13-15)27-2/h4-8,13-14H,3,9-12H2,1-2H3. The maximum atomic E-state index is 11.9. The second kappa shape index (κ2) is 7.75. The molecule has 1 aliphatic rings. The molecule has 0 N–H and O–H groups in total. The number of anilines is 1. The summed E-state index contributed by atoms with van der Waals surface area (Å²) in [7, 11) is 1.65. The Morgan fingerprint density at radius 2 is 2.00 bits per heavy atom. The maximum absolute atomic E-state index is 11.9. The number of rotatable bonds is 4. The third-order valence-corrected chi connectivity index (χ3v) is 4.84. The summed E-state index contributed by atoms with van der Waals surface area (Å²) < 4.78 is 12.3. The van der Waals surface area contributed by atoms with Crippen molar-refractivity contribution in [1.82, 2.24) is 19.5 Å². The van der Waals surface area contributed by atoms with Crippen LogP contribution in [-0.4, -0.2) is 65.5 Å². The van der Waals surface area contributed by atoms with Crippen molar-refractivity contribution in [3.8, 4) is 17.0 Å². The van der Waals surface area contributed by atoms with Crippen molar-refractivity contribution in [2.75, 3.05) is 44.8 Å². The molecule has 3 aromatic rings. The fourth-order valence-corrected chi connectivity index (χ4v) is 3.39. The lowest BCUT2D eigenvalue weighted by atomic mass is 10.1. The van der Waals surface area contributed by atoms with Crippen LogP contribution >= 0.6 is 0 Å². The quantitative estimate of drug-likeness (QED) is 0.692.